The van der Waals surface area contributed by atoms with Crippen LogP contribution >= 0.6 is 0 Å². The molecular formula is C20H27N3O. The number of nitrogens with zero attached hydrogens (tertiary/aromatic N) is 2. The van der Waals surface area contributed by atoms with Crippen LogP contribution in [-0.4, -0.2) is 27.3 Å². The third kappa shape index (κ3) is 3.37. The molecule has 3 rings (SSSR count). The van der Waals surface area contributed by atoms with Gasteiger partial charge in [0, 0.05) is 24.2 Å². The van der Waals surface area contributed by atoms with E-state index in [1.807, 2.05) is 24.4 Å². The number of hydrogen-bond acceptors (Lipinski definition) is 2. The summed E-state index contributed by atoms with van der Waals surface area (Å²) < 4.78 is 0. The van der Waals surface area contributed by atoms with Crippen LogP contribution in [0.3, 0.4) is 0 Å². The fourth-order valence-corrected chi connectivity index (χ4v) is 3.62. The van der Waals surface area contributed by atoms with Crippen LogP contribution in [0.1, 0.15) is 57.8 Å². The second kappa shape index (κ2) is 7.65. The smallest absolute Gasteiger partial charge is 0.226 e. The van der Waals surface area contributed by atoms with Crippen molar-refractivity contribution in [2.75, 3.05) is 6.54 Å². The summed E-state index contributed by atoms with van der Waals surface area (Å²) in [5.74, 6) is 1.35. The number of imidazole rings is 1. The summed E-state index contributed by atoms with van der Waals surface area (Å²) in [7, 11) is 0. The number of carbonyl (C=O) groups excluding carboxylic acids is 1. The number of H-pyrrole nitrogens is 1. The highest BCUT2D eigenvalue weighted by Crippen LogP contribution is 2.32. The molecule has 0 saturated carbocycles. The van der Waals surface area contributed by atoms with Crippen LogP contribution in [0.15, 0.2) is 36.5 Å². The zero-order valence-electron chi connectivity index (χ0n) is 14.7. The Bertz CT molecular complexity index is 661. The zero-order valence-corrected chi connectivity index (χ0v) is 14.7. The number of benzene rings is 1. The van der Waals surface area contributed by atoms with Crippen molar-refractivity contribution >= 4 is 5.91 Å². The van der Waals surface area contributed by atoms with Gasteiger partial charge >= 0.3 is 0 Å². The Hall–Kier alpha value is -2.10. The Morgan fingerprint density at radius 2 is 2.00 bits per heavy atom. The van der Waals surface area contributed by atoms with E-state index < -0.39 is 0 Å². The fourth-order valence-electron chi connectivity index (χ4n) is 3.62. The number of likely N-dealkylation sites (tertiary alicyclic amines) is 1. The van der Waals surface area contributed by atoms with E-state index in [1.165, 1.54) is 0 Å². The Morgan fingerprint density at radius 1 is 1.25 bits per heavy atom. The van der Waals surface area contributed by atoms with Gasteiger partial charge in [-0.3, -0.25) is 4.79 Å². The van der Waals surface area contributed by atoms with Crippen molar-refractivity contribution < 1.29 is 4.79 Å². The lowest BCUT2D eigenvalue weighted by molar-refractivity contribution is -0.140. The maximum absolute atomic E-state index is 12.9. The standard InChI is InChI=1S/C20H27N3O/c1-3-15(4-2)20(24)23-13-9-8-12-18(23)19-21-14-17(22-19)16-10-6-5-7-11-16/h5-7,10-11,14-15,18H,3-4,8-9,12-13H2,1-2H3,(H,21,22). The first kappa shape index (κ1) is 16.7. The van der Waals surface area contributed by atoms with E-state index in [0.29, 0.717) is 5.91 Å². The highest BCUT2D eigenvalue weighted by Gasteiger charge is 2.32. The first-order valence-electron chi connectivity index (χ1n) is 9.15. The molecule has 24 heavy (non-hydrogen) atoms. The number of amides is 1. The molecule has 4 heteroatoms. The Balaban J connectivity index is 1.83. The maximum Gasteiger partial charge on any atom is 0.226 e. The number of piperidine rings is 1. The third-order valence-electron chi connectivity index (χ3n) is 5.10. The molecule has 1 fully saturated rings. The molecule has 2 heterocycles. The summed E-state index contributed by atoms with van der Waals surface area (Å²) in [6.07, 6.45) is 7.01. The van der Waals surface area contributed by atoms with Gasteiger partial charge in [-0.05, 0) is 32.1 Å². The minimum Gasteiger partial charge on any atom is -0.346 e. The van der Waals surface area contributed by atoms with Crippen LogP contribution in [0.25, 0.3) is 11.3 Å². The number of rotatable bonds is 5. The molecule has 128 valence electrons. The van der Waals surface area contributed by atoms with Gasteiger partial charge < -0.3 is 9.88 Å². The molecule has 1 unspecified atom stereocenters. The predicted molar refractivity (Wildman–Crippen MR) is 96.4 cm³/mol. The molecule has 0 spiro atoms. The maximum atomic E-state index is 12.9. The van der Waals surface area contributed by atoms with Crippen LogP contribution in [-0.2, 0) is 4.79 Å². The highest BCUT2D eigenvalue weighted by molar-refractivity contribution is 5.79. The molecule has 0 bridgehead atoms. The predicted octanol–water partition coefficient (Wildman–Crippen LogP) is 4.57. The van der Waals surface area contributed by atoms with Gasteiger partial charge in [-0.15, -0.1) is 0 Å². The van der Waals surface area contributed by atoms with E-state index in [1.54, 1.807) is 0 Å². The summed E-state index contributed by atoms with van der Waals surface area (Å²) in [5, 5.41) is 0. The summed E-state index contributed by atoms with van der Waals surface area (Å²) in [6.45, 7) is 5.05. The molecular weight excluding hydrogens is 298 g/mol. The topological polar surface area (TPSA) is 49.0 Å². The Morgan fingerprint density at radius 3 is 2.71 bits per heavy atom. The van der Waals surface area contributed by atoms with Gasteiger partial charge in [0.1, 0.15) is 5.82 Å². The number of hydrogen-bond donors (Lipinski definition) is 1. The SMILES string of the molecule is CCC(CC)C(=O)N1CCCCC1c1nc(-c2ccccc2)c[nH]1. The number of aromatic nitrogens is 2. The van der Waals surface area contributed by atoms with Crippen LogP contribution in [0, 0.1) is 5.92 Å². The van der Waals surface area contributed by atoms with Crippen LogP contribution in [0.4, 0.5) is 0 Å². The summed E-state index contributed by atoms with van der Waals surface area (Å²) in [4.78, 5) is 23.1. The van der Waals surface area contributed by atoms with Crippen LogP contribution in [0.2, 0.25) is 0 Å². The first-order valence-corrected chi connectivity index (χ1v) is 9.15. The zero-order chi connectivity index (χ0) is 16.9. The minimum atomic E-state index is 0.0873. The average molecular weight is 325 g/mol. The molecule has 1 aliphatic heterocycles. The number of carbonyl (C=O) groups is 1. The van der Waals surface area contributed by atoms with Crippen LogP contribution in [0.5, 0.6) is 0 Å². The van der Waals surface area contributed by atoms with E-state index in [2.05, 4.69) is 35.9 Å². The van der Waals surface area contributed by atoms with Gasteiger partial charge in [-0.1, -0.05) is 44.2 Å². The molecule has 4 nitrogen and oxygen atoms in total. The molecule has 1 N–H and O–H groups in total. The van der Waals surface area contributed by atoms with Crippen molar-refractivity contribution in [2.45, 2.75) is 52.0 Å². The molecule has 0 radical (unpaired) electrons. The second-order valence-electron chi connectivity index (χ2n) is 6.59. The molecule has 2 aromatic rings. The first-order chi connectivity index (χ1) is 11.7. The largest absolute Gasteiger partial charge is 0.346 e. The lowest BCUT2D eigenvalue weighted by Gasteiger charge is -2.36. The Kier molecular flexibility index (Phi) is 5.34. The normalized spacial score (nSPS) is 18.1. The molecule has 1 amide bonds. The van der Waals surface area contributed by atoms with Crippen molar-refractivity contribution in [3.05, 3.63) is 42.4 Å². The highest BCUT2D eigenvalue weighted by atomic mass is 16.2. The van der Waals surface area contributed by atoms with Crippen molar-refractivity contribution in [3.8, 4) is 11.3 Å². The molecule has 1 atom stereocenters. The molecule has 1 aliphatic rings. The van der Waals surface area contributed by atoms with Gasteiger partial charge in [0.05, 0.1) is 11.7 Å². The average Bonchev–Trinajstić information content (AvgIpc) is 3.13. The van der Waals surface area contributed by atoms with Gasteiger partial charge in [-0.25, -0.2) is 4.98 Å². The minimum absolute atomic E-state index is 0.0873. The quantitative estimate of drug-likeness (QED) is 0.875. The molecule has 1 aromatic carbocycles. The van der Waals surface area contributed by atoms with Gasteiger partial charge in [0.15, 0.2) is 0 Å². The van der Waals surface area contributed by atoms with Crippen molar-refractivity contribution in [1.29, 1.82) is 0 Å². The lowest BCUT2D eigenvalue weighted by atomic mass is 9.96. The summed E-state index contributed by atoms with van der Waals surface area (Å²) >= 11 is 0. The Labute approximate surface area is 144 Å². The second-order valence-corrected chi connectivity index (χ2v) is 6.59. The van der Waals surface area contributed by atoms with E-state index in [-0.39, 0.29) is 12.0 Å². The van der Waals surface area contributed by atoms with E-state index >= 15 is 0 Å². The molecule has 1 saturated heterocycles. The van der Waals surface area contributed by atoms with Crippen molar-refractivity contribution in [3.63, 3.8) is 0 Å². The molecule has 0 aliphatic carbocycles. The summed E-state index contributed by atoms with van der Waals surface area (Å²) in [6, 6.07) is 10.3. The van der Waals surface area contributed by atoms with Crippen molar-refractivity contribution in [2.24, 2.45) is 5.92 Å². The van der Waals surface area contributed by atoms with E-state index in [9.17, 15) is 4.79 Å². The van der Waals surface area contributed by atoms with Gasteiger partial charge in [0.25, 0.3) is 0 Å². The number of aromatic amines is 1. The van der Waals surface area contributed by atoms with Gasteiger partial charge in [-0.2, -0.15) is 0 Å². The summed E-state index contributed by atoms with van der Waals surface area (Å²) in [5.41, 5.74) is 2.06. The molecule has 1 aromatic heterocycles. The van der Waals surface area contributed by atoms with E-state index in [4.69, 9.17) is 4.98 Å². The van der Waals surface area contributed by atoms with Crippen LogP contribution < -0.4 is 0 Å². The third-order valence-corrected chi connectivity index (χ3v) is 5.10. The fraction of sp³-hybridized carbons (Fsp3) is 0.500. The van der Waals surface area contributed by atoms with Crippen molar-refractivity contribution in [1.82, 2.24) is 14.9 Å². The lowest BCUT2D eigenvalue weighted by Crippen LogP contribution is -2.42. The van der Waals surface area contributed by atoms with Gasteiger partial charge in [0.2, 0.25) is 5.91 Å². The number of nitrogens with one attached hydrogen (secondary N) is 1. The van der Waals surface area contributed by atoms with E-state index in [0.717, 1.165) is 55.7 Å². The monoisotopic (exact) mass is 325 g/mol.